The first-order valence-corrected chi connectivity index (χ1v) is 7.03. The molecule has 0 spiro atoms. The Morgan fingerprint density at radius 2 is 2.14 bits per heavy atom. The number of ether oxygens (including phenoxy) is 1. The van der Waals surface area contributed by atoms with Crippen LogP contribution >= 0.6 is 0 Å². The van der Waals surface area contributed by atoms with E-state index >= 15 is 0 Å². The summed E-state index contributed by atoms with van der Waals surface area (Å²) in [5, 5.41) is 14.4. The van der Waals surface area contributed by atoms with Gasteiger partial charge >= 0.3 is 5.69 Å². The molecule has 0 aromatic heterocycles. The highest BCUT2D eigenvalue weighted by Gasteiger charge is 2.28. The van der Waals surface area contributed by atoms with Crippen LogP contribution in [0.4, 0.5) is 11.4 Å². The smallest absolute Gasteiger partial charge is 0.305 e. The molecule has 1 saturated heterocycles. The van der Waals surface area contributed by atoms with Gasteiger partial charge in [0.1, 0.15) is 11.3 Å². The maximum atomic E-state index is 12.5. The van der Waals surface area contributed by atoms with Crippen LogP contribution in [0, 0.1) is 10.1 Å². The Kier molecular flexibility index (Phi) is 5.10. The molecule has 1 aromatic rings. The molecule has 2 rings (SSSR count). The molecule has 1 aliphatic heterocycles. The SMILES string of the molecule is CCCNc1cccc(C(=O)N2CCOCC2)c1[N+](=O)[O-]. The molecule has 0 atom stereocenters. The number of nitro benzene ring substituents is 1. The van der Waals surface area contributed by atoms with Crippen molar-refractivity contribution < 1.29 is 14.5 Å². The lowest BCUT2D eigenvalue weighted by atomic mass is 10.1. The first-order chi connectivity index (χ1) is 10.1. The van der Waals surface area contributed by atoms with Crippen LogP contribution in [0.25, 0.3) is 0 Å². The first-order valence-electron chi connectivity index (χ1n) is 7.03. The van der Waals surface area contributed by atoms with E-state index in [0.717, 1.165) is 6.42 Å². The number of nitro groups is 1. The van der Waals surface area contributed by atoms with Gasteiger partial charge in [0.05, 0.1) is 18.1 Å². The van der Waals surface area contributed by atoms with Crippen LogP contribution in [-0.4, -0.2) is 48.6 Å². The summed E-state index contributed by atoms with van der Waals surface area (Å²) in [6.45, 7) is 4.45. The molecular formula is C14H19N3O4. The number of anilines is 1. The Bertz CT molecular complexity index is 527. The molecule has 114 valence electrons. The van der Waals surface area contributed by atoms with E-state index < -0.39 is 4.92 Å². The van der Waals surface area contributed by atoms with Gasteiger partial charge in [-0.15, -0.1) is 0 Å². The number of carbonyl (C=O) groups excluding carboxylic acids is 1. The van der Waals surface area contributed by atoms with Crippen LogP contribution in [0.2, 0.25) is 0 Å². The Balaban J connectivity index is 2.32. The zero-order chi connectivity index (χ0) is 15.2. The van der Waals surface area contributed by atoms with Gasteiger partial charge in [0.15, 0.2) is 0 Å². The quantitative estimate of drug-likeness (QED) is 0.662. The molecule has 21 heavy (non-hydrogen) atoms. The van der Waals surface area contributed by atoms with Crippen molar-refractivity contribution in [2.24, 2.45) is 0 Å². The summed E-state index contributed by atoms with van der Waals surface area (Å²) in [7, 11) is 0. The van der Waals surface area contributed by atoms with E-state index in [2.05, 4.69) is 5.32 Å². The predicted molar refractivity (Wildman–Crippen MR) is 78.6 cm³/mol. The lowest BCUT2D eigenvalue weighted by Crippen LogP contribution is -2.40. The Hall–Kier alpha value is -2.15. The highest BCUT2D eigenvalue weighted by molar-refractivity contribution is 6.00. The topological polar surface area (TPSA) is 84.7 Å². The van der Waals surface area contributed by atoms with Gasteiger partial charge in [0.25, 0.3) is 5.91 Å². The van der Waals surface area contributed by atoms with E-state index in [0.29, 0.717) is 38.5 Å². The van der Waals surface area contributed by atoms with Crippen molar-refractivity contribution >= 4 is 17.3 Å². The maximum absolute atomic E-state index is 12.5. The van der Waals surface area contributed by atoms with E-state index in [4.69, 9.17) is 4.74 Å². The largest absolute Gasteiger partial charge is 0.379 e. The molecule has 0 unspecified atom stereocenters. The van der Waals surface area contributed by atoms with Crippen molar-refractivity contribution in [3.05, 3.63) is 33.9 Å². The Morgan fingerprint density at radius 3 is 2.76 bits per heavy atom. The number of hydrogen-bond donors (Lipinski definition) is 1. The minimum atomic E-state index is -0.494. The van der Waals surface area contributed by atoms with Crippen LogP contribution in [-0.2, 0) is 4.74 Å². The fourth-order valence-corrected chi connectivity index (χ4v) is 2.25. The minimum absolute atomic E-state index is 0.128. The molecule has 0 bridgehead atoms. The summed E-state index contributed by atoms with van der Waals surface area (Å²) in [5.74, 6) is -0.315. The fraction of sp³-hybridized carbons (Fsp3) is 0.500. The molecule has 0 aliphatic carbocycles. The molecule has 1 aliphatic rings. The lowest BCUT2D eigenvalue weighted by molar-refractivity contribution is -0.384. The van der Waals surface area contributed by atoms with Crippen molar-refractivity contribution in [3.8, 4) is 0 Å². The van der Waals surface area contributed by atoms with Crippen molar-refractivity contribution in [1.29, 1.82) is 0 Å². The molecule has 7 heteroatoms. The summed E-state index contributed by atoms with van der Waals surface area (Å²) in [6, 6.07) is 4.80. The molecule has 7 nitrogen and oxygen atoms in total. The van der Waals surface area contributed by atoms with Gasteiger partial charge in [-0.05, 0) is 18.6 Å². The third-order valence-electron chi connectivity index (χ3n) is 3.31. The second-order valence-electron chi connectivity index (χ2n) is 4.79. The van der Waals surface area contributed by atoms with E-state index in [9.17, 15) is 14.9 Å². The zero-order valence-corrected chi connectivity index (χ0v) is 12.0. The maximum Gasteiger partial charge on any atom is 0.305 e. The van der Waals surface area contributed by atoms with Crippen LogP contribution < -0.4 is 5.32 Å². The summed E-state index contributed by atoms with van der Waals surface area (Å²) >= 11 is 0. The zero-order valence-electron chi connectivity index (χ0n) is 12.0. The predicted octanol–water partition coefficient (Wildman–Crippen LogP) is 1.89. The number of amides is 1. The molecule has 1 amide bonds. The van der Waals surface area contributed by atoms with Crippen molar-refractivity contribution in [2.45, 2.75) is 13.3 Å². The van der Waals surface area contributed by atoms with Gasteiger partial charge in [-0.1, -0.05) is 13.0 Å². The first kappa shape index (κ1) is 15.2. The number of hydrogen-bond acceptors (Lipinski definition) is 5. The molecule has 1 N–H and O–H groups in total. The second kappa shape index (κ2) is 7.03. The monoisotopic (exact) mass is 293 g/mol. The third-order valence-corrected chi connectivity index (χ3v) is 3.31. The van der Waals surface area contributed by atoms with Gasteiger partial charge in [-0.3, -0.25) is 14.9 Å². The minimum Gasteiger partial charge on any atom is -0.379 e. The summed E-state index contributed by atoms with van der Waals surface area (Å²) in [6.07, 6.45) is 0.846. The molecule has 1 aromatic carbocycles. The number of morpholine rings is 1. The van der Waals surface area contributed by atoms with Gasteiger partial charge in [-0.2, -0.15) is 0 Å². The highest BCUT2D eigenvalue weighted by Crippen LogP contribution is 2.29. The number of nitrogens with zero attached hydrogens (tertiary/aromatic N) is 2. The van der Waals surface area contributed by atoms with Crippen LogP contribution in [0.3, 0.4) is 0 Å². The van der Waals surface area contributed by atoms with Crippen molar-refractivity contribution in [1.82, 2.24) is 4.90 Å². The lowest BCUT2D eigenvalue weighted by Gasteiger charge is -2.26. The van der Waals surface area contributed by atoms with Gasteiger partial charge in [-0.25, -0.2) is 0 Å². The molecule has 1 heterocycles. The number of rotatable bonds is 5. The number of nitrogens with one attached hydrogen (secondary N) is 1. The van der Waals surface area contributed by atoms with E-state index in [-0.39, 0.29) is 17.2 Å². The third kappa shape index (κ3) is 3.49. The Labute approximate surface area is 123 Å². The fourth-order valence-electron chi connectivity index (χ4n) is 2.25. The van der Waals surface area contributed by atoms with Gasteiger partial charge in [0.2, 0.25) is 0 Å². The van der Waals surface area contributed by atoms with Crippen LogP contribution in [0.5, 0.6) is 0 Å². The summed E-state index contributed by atoms with van der Waals surface area (Å²) < 4.78 is 5.20. The number of benzene rings is 1. The molecular weight excluding hydrogens is 274 g/mol. The van der Waals surface area contributed by atoms with E-state index in [1.54, 1.807) is 17.0 Å². The highest BCUT2D eigenvalue weighted by atomic mass is 16.6. The number of para-hydroxylation sites is 1. The average Bonchev–Trinajstić information content (AvgIpc) is 2.52. The molecule has 0 saturated carbocycles. The van der Waals surface area contributed by atoms with E-state index in [1.807, 2.05) is 6.92 Å². The van der Waals surface area contributed by atoms with Crippen LogP contribution in [0.15, 0.2) is 18.2 Å². The standard InChI is InChI=1S/C14H19N3O4/c1-2-6-15-12-5-3-4-11(13(12)17(19)20)14(18)16-7-9-21-10-8-16/h3-5,15H,2,6-10H2,1H3. The second-order valence-corrected chi connectivity index (χ2v) is 4.79. The molecule has 0 radical (unpaired) electrons. The summed E-state index contributed by atoms with van der Waals surface area (Å²) in [4.78, 5) is 25.0. The van der Waals surface area contributed by atoms with Crippen molar-refractivity contribution in [2.75, 3.05) is 38.2 Å². The van der Waals surface area contributed by atoms with Gasteiger partial charge < -0.3 is 15.0 Å². The Morgan fingerprint density at radius 1 is 1.43 bits per heavy atom. The van der Waals surface area contributed by atoms with Crippen LogP contribution in [0.1, 0.15) is 23.7 Å². The van der Waals surface area contributed by atoms with E-state index in [1.165, 1.54) is 6.07 Å². The summed E-state index contributed by atoms with van der Waals surface area (Å²) in [5.41, 5.74) is 0.367. The average molecular weight is 293 g/mol. The van der Waals surface area contributed by atoms with Gasteiger partial charge in [0, 0.05) is 19.6 Å². The number of carbonyl (C=O) groups is 1. The normalized spacial score (nSPS) is 14.8. The molecule has 1 fully saturated rings. The van der Waals surface area contributed by atoms with Crippen molar-refractivity contribution in [3.63, 3.8) is 0 Å².